The Morgan fingerprint density at radius 2 is 1.90 bits per heavy atom. The van der Waals surface area contributed by atoms with Crippen molar-refractivity contribution in [2.45, 2.75) is 81.8 Å². The van der Waals surface area contributed by atoms with Crippen molar-refractivity contribution in [3.8, 4) is 0 Å². The van der Waals surface area contributed by atoms with Crippen LogP contribution in [0.3, 0.4) is 0 Å². The Morgan fingerprint density at radius 1 is 1.17 bits per heavy atom. The highest BCUT2D eigenvalue weighted by Gasteiger charge is 2.31. The maximum absolute atomic E-state index is 12.3. The molecule has 1 aromatic rings. The van der Waals surface area contributed by atoms with Gasteiger partial charge < -0.3 is 26.2 Å². The lowest BCUT2D eigenvalue weighted by Gasteiger charge is -2.30. The summed E-state index contributed by atoms with van der Waals surface area (Å²) in [6.45, 7) is -1.22. The van der Waals surface area contributed by atoms with E-state index in [0.29, 0.717) is 43.9 Å². The summed E-state index contributed by atoms with van der Waals surface area (Å²) >= 11 is 0. The Bertz CT molecular complexity index is 726. The molecule has 0 saturated heterocycles. The molecule has 30 heavy (non-hydrogen) atoms. The van der Waals surface area contributed by atoms with Gasteiger partial charge in [-0.05, 0) is 51.4 Å². The lowest BCUT2D eigenvalue weighted by atomic mass is 9.93. The molecule has 1 aromatic heterocycles. The number of alkyl halides is 3. The van der Waals surface area contributed by atoms with E-state index in [4.69, 9.17) is 10.5 Å². The first-order chi connectivity index (χ1) is 14.2. The Hall–Kier alpha value is -2.14. The number of hydrogen-bond donors (Lipinski definition) is 4. The fourth-order valence-corrected chi connectivity index (χ4v) is 4.00. The molecular formula is C19H28F3N5O3. The second kappa shape index (κ2) is 9.78. The number of carbonyl (C=O) groups is 1. The van der Waals surface area contributed by atoms with Crippen LogP contribution in [0.25, 0.3) is 0 Å². The van der Waals surface area contributed by atoms with Crippen molar-refractivity contribution >= 4 is 17.7 Å². The minimum Gasteiger partial charge on any atom is -0.393 e. The van der Waals surface area contributed by atoms with E-state index in [1.807, 2.05) is 0 Å². The molecule has 5 N–H and O–H groups in total. The van der Waals surface area contributed by atoms with E-state index in [1.54, 1.807) is 0 Å². The van der Waals surface area contributed by atoms with Gasteiger partial charge in [-0.3, -0.25) is 4.79 Å². The van der Waals surface area contributed by atoms with Gasteiger partial charge in [-0.15, -0.1) is 0 Å². The Labute approximate surface area is 172 Å². The van der Waals surface area contributed by atoms with Crippen LogP contribution in [0.4, 0.5) is 24.9 Å². The second-order valence-electron chi connectivity index (χ2n) is 8.03. The molecule has 0 unspecified atom stereocenters. The van der Waals surface area contributed by atoms with Crippen LogP contribution in [0.15, 0.2) is 6.20 Å². The number of hydrogen-bond acceptors (Lipinski definition) is 7. The predicted molar refractivity (Wildman–Crippen MR) is 104 cm³/mol. The second-order valence-corrected chi connectivity index (χ2v) is 8.03. The topological polar surface area (TPSA) is 122 Å². The largest absolute Gasteiger partial charge is 0.411 e. The minimum atomic E-state index is -4.32. The molecule has 2 aliphatic rings. The van der Waals surface area contributed by atoms with Gasteiger partial charge in [0, 0.05) is 18.3 Å². The molecular weight excluding hydrogens is 403 g/mol. The SMILES string of the molecule is NC(=O)c1cnc(N[C@H]2CC[C@H](OCC(F)(F)F)CC2)nc1N[C@@H]1CCC[C@H](O)C1. The van der Waals surface area contributed by atoms with Gasteiger partial charge in [0.2, 0.25) is 5.95 Å². The van der Waals surface area contributed by atoms with Crippen LogP contribution in [0, 0.1) is 0 Å². The van der Waals surface area contributed by atoms with E-state index in [1.165, 1.54) is 6.20 Å². The van der Waals surface area contributed by atoms with Crippen molar-refractivity contribution in [1.82, 2.24) is 9.97 Å². The van der Waals surface area contributed by atoms with Crippen molar-refractivity contribution in [2.75, 3.05) is 17.2 Å². The average molecular weight is 431 g/mol. The Kier molecular flexibility index (Phi) is 7.35. The monoisotopic (exact) mass is 431 g/mol. The smallest absolute Gasteiger partial charge is 0.393 e. The highest BCUT2D eigenvalue weighted by atomic mass is 19.4. The van der Waals surface area contributed by atoms with Gasteiger partial charge in [0.15, 0.2) is 0 Å². The summed E-state index contributed by atoms with van der Waals surface area (Å²) < 4.78 is 41.8. The van der Waals surface area contributed by atoms with Crippen molar-refractivity contribution in [2.24, 2.45) is 5.73 Å². The van der Waals surface area contributed by atoms with Crippen molar-refractivity contribution in [1.29, 1.82) is 0 Å². The first-order valence-electron chi connectivity index (χ1n) is 10.3. The zero-order valence-electron chi connectivity index (χ0n) is 16.6. The number of carbonyl (C=O) groups excluding carboxylic acids is 1. The molecule has 11 heteroatoms. The molecule has 2 aliphatic carbocycles. The molecule has 0 bridgehead atoms. The first kappa shape index (κ1) is 22.5. The third kappa shape index (κ3) is 6.69. The molecule has 1 amide bonds. The molecule has 1 heterocycles. The number of aromatic nitrogens is 2. The fraction of sp³-hybridized carbons (Fsp3) is 0.737. The van der Waals surface area contributed by atoms with Gasteiger partial charge in [-0.2, -0.15) is 18.2 Å². The minimum absolute atomic E-state index is 0.000447. The highest BCUT2D eigenvalue weighted by Crippen LogP contribution is 2.27. The van der Waals surface area contributed by atoms with E-state index in [9.17, 15) is 23.1 Å². The van der Waals surface area contributed by atoms with Crippen LogP contribution in [-0.2, 0) is 4.74 Å². The summed E-state index contributed by atoms with van der Waals surface area (Å²) in [5, 5.41) is 16.2. The van der Waals surface area contributed by atoms with Gasteiger partial charge in [-0.25, -0.2) is 4.98 Å². The van der Waals surface area contributed by atoms with Gasteiger partial charge in [0.25, 0.3) is 5.91 Å². The van der Waals surface area contributed by atoms with E-state index in [0.717, 1.165) is 19.3 Å². The zero-order valence-corrected chi connectivity index (χ0v) is 16.6. The van der Waals surface area contributed by atoms with E-state index in [2.05, 4.69) is 20.6 Å². The predicted octanol–water partition coefficient (Wildman–Crippen LogP) is 2.59. The Balaban J connectivity index is 1.58. The number of aliphatic hydroxyl groups excluding tert-OH is 1. The van der Waals surface area contributed by atoms with Crippen molar-refractivity contribution in [3.05, 3.63) is 11.8 Å². The summed E-state index contributed by atoms with van der Waals surface area (Å²) in [7, 11) is 0. The standard InChI is InChI=1S/C19H28F3N5O3/c20-19(21,22)10-30-14-6-4-11(5-7-14)26-18-24-9-15(16(23)29)17(27-18)25-12-2-1-3-13(28)8-12/h9,11-14,28H,1-8,10H2,(H2,23,29)(H2,24,25,26,27)/t11-,12-,13+,14-/m1/s1. The summed E-state index contributed by atoms with van der Waals surface area (Å²) in [5.41, 5.74) is 5.60. The van der Waals surface area contributed by atoms with Gasteiger partial charge in [0.05, 0.1) is 17.8 Å². The molecule has 0 radical (unpaired) electrons. The van der Waals surface area contributed by atoms with Crippen LogP contribution in [0.5, 0.6) is 0 Å². The number of amides is 1. The third-order valence-electron chi connectivity index (χ3n) is 5.53. The van der Waals surface area contributed by atoms with Crippen LogP contribution < -0.4 is 16.4 Å². The molecule has 0 aromatic carbocycles. The number of nitrogens with two attached hydrogens (primary N) is 1. The number of ether oxygens (including phenoxy) is 1. The highest BCUT2D eigenvalue weighted by molar-refractivity contribution is 5.97. The van der Waals surface area contributed by atoms with Gasteiger partial charge in [0.1, 0.15) is 12.4 Å². The molecule has 8 nitrogen and oxygen atoms in total. The van der Waals surface area contributed by atoms with Crippen molar-refractivity contribution in [3.63, 3.8) is 0 Å². The molecule has 0 aliphatic heterocycles. The molecule has 3 rings (SSSR count). The van der Waals surface area contributed by atoms with Crippen LogP contribution in [0.2, 0.25) is 0 Å². The number of halogens is 3. The van der Waals surface area contributed by atoms with Gasteiger partial charge >= 0.3 is 6.18 Å². The van der Waals surface area contributed by atoms with E-state index in [-0.39, 0.29) is 23.8 Å². The molecule has 168 valence electrons. The van der Waals surface area contributed by atoms with E-state index >= 15 is 0 Å². The number of nitrogens with zero attached hydrogens (tertiary/aromatic N) is 2. The molecule has 0 spiro atoms. The maximum Gasteiger partial charge on any atom is 0.411 e. The van der Waals surface area contributed by atoms with Crippen LogP contribution in [-0.4, -0.2) is 58.1 Å². The fourth-order valence-electron chi connectivity index (χ4n) is 4.00. The third-order valence-corrected chi connectivity index (χ3v) is 5.53. The summed E-state index contributed by atoms with van der Waals surface area (Å²) in [6.07, 6.45) is 1.57. The van der Waals surface area contributed by atoms with E-state index < -0.39 is 24.8 Å². The number of aliphatic hydroxyl groups is 1. The quantitative estimate of drug-likeness (QED) is 0.523. The lowest BCUT2D eigenvalue weighted by Crippen LogP contribution is -2.33. The van der Waals surface area contributed by atoms with Crippen molar-refractivity contribution < 1.29 is 27.8 Å². The Morgan fingerprint density at radius 3 is 2.53 bits per heavy atom. The zero-order chi connectivity index (χ0) is 21.7. The molecule has 2 fully saturated rings. The number of anilines is 2. The molecule has 2 saturated carbocycles. The average Bonchev–Trinajstić information content (AvgIpc) is 2.67. The lowest BCUT2D eigenvalue weighted by molar-refractivity contribution is -0.187. The van der Waals surface area contributed by atoms with Gasteiger partial charge in [-0.1, -0.05) is 0 Å². The number of primary amides is 1. The number of nitrogens with one attached hydrogen (secondary N) is 2. The first-order valence-corrected chi connectivity index (χ1v) is 10.3. The maximum atomic E-state index is 12.3. The summed E-state index contributed by atoms with van der Waals surface area (Å²) in [5.74, 6) is -0.0115. The summed E-state index contributed by atoms with van der Waals surface area (Å²) in [4.78, 5) is 20.3. The molecule has 2 atom stereocenters. The van der Waals surface area contributed by atoms with Crippen LogP contribution >= 0.6 is 0 Å². The van der Waals surface area contributed by atoms with Crippen LogP contribution in [0.1, 0.15) is 61.7 Å². The number of rotatable bonds is 7. The normalized spacial score (nSPS) is 27.5. The summed E-state index contributed by atoms with van der Waals surface area (Å²) in [6, 6.07) is -0.0182.